The van der Waals surface area contributed by atoms with Crippen molar-refractivity contribution in [2.24, 2.45) is 0 Å². The van der Waals surface area contributed by atoms with Gasteiger partial charge in [-0.1, -0.05) is 12.1 Å². The molecule has 2 aromatic heterocycles. The number of hydrogen-bond acceptors (Lipinski definition) is 5. The highest BCUT2D eigenvalue weighted by atomic mass is 35.5. The Kier molecular flexibility index (Phi) is 4.58. The van der Waals surface area contributed by atoms with Crippen LogP contribution in [0.1, 0.15) is 17.0 Å². The van der Waals surface area contributed by atoms with Gasteiger partial charge in [-0.2, -0.15) is 23.3 Å². The van der Waals surface area contributed by atoms with E-state index in [1.807, 2.05) is 0 Å². The molecule has 25 heavy (non-hydrogen) atoms. The van der Waals surface area contributed by atoms with E-state index in [9.17, 15) is 13.2 Å². The normalized spacial score (nSPS) is 11.6. The van der Waals surface area contributed by atoms with Gasteiger partial charge >= 0.3 is 6.18 Å². The molecule has 3 aromatic rings. The van der Waals surface area contributed by atoms with Crippen LogP contribution in [0.5, 0.6) is 0 Å². The van der Waals surface area contributed by atoms with Crippen molar-refractivity contribution in [3.8, 4) is 5.69 Å². The number of aryl methyl sites for hydroxylation is 1. The molecule has 3 rings (SSSR count). The van der Waals surface area contributed by atoms with Crippen LogP contribution < -0.4 is 5.32 Å². The number of alkyl halides is 3. The van der Waals surface area contributed by atoms with Crippen LogP contribution in [0.25, 0.3) is 5.69 Å². The highest BCUT2D eigenvalue weighted by molar-refractivity contribution is 6.28. The fourth-order valence-electron chi connectivity index (χ4n) is 2.17. The molecule has 0 bridgehead atoms. The van der Waals surface area contributed by atoms with Crippen LogP contribution in [0.3, 0.4) is 0 Å². The van der Waals surface area contributed by atoms with Crippen LogP contribution in [0.4, 0.5) is 19.1 Å². The third-order valence-corrected chi connectivity index (χ3v) is 3.53. The van der Waals surface area contributed by atoms with Gasteiger partial charge in [0, 0.05) is 12.2 Å². The summed E-state index contributed by atoms with van der Waals surface area (Å²) in [5.41, 5.74) is 0.918. The summed E-state index contributed by atoms with van der Waals surface area (Å²) in [6.07, 6.45) is -3.18. The summed E-state index contributed by atoms with van der Waals surface area (Å²) in [5.74, 6) is 0.335. The molecule has 0 radical (unpaired) electrons. The number of nitrogens with one attached hydrogen (secondary N) is 1. The summed E-state index contributed by atoms with van der Waals surface area (Å²) in [6.45, 7) is 1.99. The number of anilines is 1. The van der Waals surface area contributed by atoms with Crippen LogP contribution in [0.2, 0.25) is 5.28 Å². The molecule has 10 heteroatoms. The Balaban J connectivity index is 1.73. The minimum Gasteiger partial charge on any atom is -0.350 e. The van der Waals surface area contributed by atoms with Gasteiger partial charge in [-0.15, -0.1) is 0 Å². The third-order valence-electron chi connectivity index (χ3n) is 3.35. The molecule has 6 nitrogen and oxygen atoms in total. The van der Waals surface area contributed by atoms with Crippen molar-refractivity contribution >= 4 is 17.5 Å². The van der Waals surface area contributed by atoms with Crippen LogP contribution in [0, 0.1) is 6.92 Å². The van der Waals surface area contributed by atoms with Gasteiger partial charge in [0.25, 0.3) is 0 Å². The minimum absolute atomic E-state index is 0.0856. The zero-order valence-corrected chi connectivity index (χ0v) is 13.7. The second kappa shape index (κ2) is 6.67. The topological polar surface area (TPSA) is 68.5 Å². The highest BCUT2D eigenvalue weighted by Gasteiger charge is 2.34. The van der Waals surface area contributed by atoms with Gasteiger partial charge < -0.3 is 5.32 Å². The molecule has 0 atom stereocenters. The molecule has 0 amide bonds. The van der Waals surface area contributed by atoms with Crippen molar-refractivity contribution in [2.45, 2.75) is 19.6 Å². The highest BCUT2D eigenvalue weighted by Crippen LogP contribution is 2.29. The number of aromatic nitrogens is 5. The van der Waals surface area contributed by atoms with E-state index in [4.69, 9.17) is 11.6 Å². The molecule has 1 N–H and O–H groups in total. The predicted molar refractivity (Wildman–Crippen MR) is 85.5 cm³/mol. The second-order valence-corrected chi connectivity index (χ2v) is 5.52. The lowest BCUT2D eigenvalue weighted by atomic mass is 10.2. The molecule has 0 unspecified atom stereocenters. The molecular formula is C15H12ClF3N6. The molecule has 130 valence electrons. The van der Waals surface area contributed by atoms with Crippen molar-refractivity contribution < 1.29 is 13.2 Å². The molecule has 2 heterocycles. The quantitative estimate of drug-likeness (QED) is 0.761. The van der Waals surface area contributed by atoms with Gasteiger partial charge in [0.15, 0.2) is 5.69 Å². The van der Waals surface area contributed by atoms with Gasteiger partial charge in [0.2, 0.25) is 11.2 Å². The van der Waals surface area contributed by atoms with Gasteiger partial charge in [-0.25, -0.2) is 14.6 Å². The smallest absolute Gasteiger partial charge is 0.350 e. The second-order valence-electron chi connectivity index (χ2n) is 5.18. The van der Waals surface area contributed by atoms with Crippen molar-refractivity contribution in [2.75, 3.05) is 5.32 Å². The lowest BCUT2D eigenvalue weighted by Crippen LogP contribution is -2.07. The molecule has 0 aliphatic carbocycles. The lowest BCUT2D eigenvalue weighted by molar-refractivity contribution is -0.141. The van der Waals surface area contributed by atoms with Gasteiger partial charge in [-0.05, 0) is 42.3 Å². The summed E-state index contributed by atoms with van der Waals surface area (Å²) in [7, 11) is 0. The van der Waals surface area contributed by atoms with E-state index in [2.05, 4.69) is 25.4 Å². The van der Waals surface area contributed by atoms with Gasteiger partial charge in [-0.3, -0.25) is 0 Å². The van der Waals surface area contributed by atoms with Crippen molar-refractivity contribution in [3.05, 3.63) is 58.9 Å². The first kappa shape index (κ1) is 17.2. The summed E-state index contributed by atoms with van der Waals surface area (Å²) < 4.78 is 39.5. The van der Waals surface area contributed by atoms with Gasteiger partial charge in [0.1, 0.15) is 6.33 Å². The Labute approximate surface area is 145 Å². The summed E-state index contributed by atoms with van der Waals surface area (Å²) in [5, 5.41) is 6.68. The third kappa shape index (κ3) is 4.05. The average molecular weight is 369 g/mol. The molecule has 0 fully saturated rings. The molecule has 1 aromatic carbocycles. The first-order chi connectivity index (χ1) is 11.8. The fraction of sp³-hybridized carbons (Fsp3) is 0.200. The molecule has 0 saturated carbocycles. The number of nitrogens with zero attached hydrogens (tertiary/aromatic N) is 5. The van der Waals surface area contributed by atoms with Crippen LogP contribution in [-0.4, -0.2) is 24.7 Å². The van der Waals surface area contributed by atoms with Crippen LogP contribution >= 0.6 is 11.6 Å². The Morgan fingerprint density at radius 3 is 2.48 bits per heavy atom. The fourth-order valence-corrected chi connectivity index (χ4v) is 2.30. The first-order valence-electron chi connectivity index (χ1n) is 7.14. The van der Waals surface area contributed by atoms with E-state index in [1.165, 1.54) is 11.0 Å². The molecule has 0 spiro atoms. The maximum atomic E-state index is 12.7. The van der Waals surface area contributed by atoms with E-state index in [0.29, 0.717) is 23.9 Å². The van der Waals surface area contributed by atoms with E-state index < -0.39 is 11.9 Å². The SMILES string of the molecule is Cc1cc(C(F)(F)F)nn1-c1ccc(CNc2ncnc(Cl)n2)cc1. The summed E-state index contributed by atoms with van der Waals surface area (Å²) >= 11 is 5.67. The molecule has 0 aliphatic rings. The Bertz CT molecular complexity index is 876. The monoisotopic (exact) mass is 368 g/mol. The number of halogens is 4. The largest absolute Gasteiger partial charge is 0.435 e. The first-order valence-corrected chi connectivity index (χ1v) is 7.52. The van der Waals surface area contributed by atoms with E-state index in [-0.39, 0.29) is 5.28 Å². The van der Waals surface area contributed by atoms with Crippen LogP contribution in [0.15, 0.2) is 36.7 Å². The number of benzene rings is 1. The zero-order valence-electron chi connectivity index (χ0n) is 12.9. The maximum absolute atomic E-state index is 12.7. The van der Waals surface area contributed by atoms with E-state index in [0.717, 1.165) is 11.6 Å². The lowest BCUT2D eigenvalue weighted by Gasteiger charge is -2.08. The Morgan fingerprint density at radius 2 is 1.88 bits per heavy atom. The standard InChI is InChI=1S/C15H12ClF3N6/c1-9-6-12(15(17,18)19)24-25(9)11-4-2-10(3-5-11)7-20-14-22-8-21-13(16)23-14/h2-6,8H,7H2,1H3,(H,20,21,22,23). The number of rotatable bonds is 4. The van der Waals surface area contributed by atoms with Crippen molar-refractivity contribution in [1.29, 1.82) is 0 Å². The summed E-state index contributed by atoms with van der Waals surface area (Å²) in [6, 6.07) is 7.95. The Morgan fingerprint density at radius 1 is 1.16 bits per heavy atom. The van der Waals surface area contributed by atoms with E-state index in [1.54, 1.807) is 31.2 Å². The Hall–Kier alpha value is -2.68. The average Bonchev–Trinajstić information content (AvgIpc) is 2.96. The molecular weight excluding hydrogens is 357 g/mol. The maximum Gasteiger partial charge on any atom is 0.435 e. The minimum atomic E-state index is -4.47. The predicted octanol–water partition coefficient (Wildman–Crippen LogP) is 3.65. The summed E-state index contributed by atoms with van der Waals surface area (Å²) in [4.78, 5) is 11.5. The van der Waals surface area contributed by atoms with Crippen molar-refractivity contribution in [3.63, 3.8) is 0 Å². The number of hydrogen-bond donors (Lipinski definition) is 1. The molecule has 0 aliphatic heterocycles. The van der Waals surface area contributed by atoms with Gasteiger partial charge in [0.05, 0.1) is 5.69 Å². The van der Waals surface area contributed by atoms with E-state index >= 15 is 0 Å². The van der Waals surface area contributed by atoms with Crippen molar-refractivity contribution in [1.82, 2.24) is 24.7 Å². The zero-order chi connectivity index (χ0) is 18.0. The van der Waals surface area contributed by atoms with Crippen LogP contribution in [-0.2, 0) is 12.7 Å². The molecule has 0 saturated heterocycles.